The van der Waals surface area contributed by atoms with Crippen molar-refractivity contribution in [2.75, 3.05) is 33.7 Å². The summed E-state index contributed by atoms with van der Waals surface area (Å²) < 4.78 is 5.52. The van der Waals surface area contributed by atoms with Crippen molar-refractivity contribution in [2.45, 2.75) is 19.8 Å². The number of hydrogen-bond acceptors (Lipinski definition) is 3. The molecule has 0 fully saturated rings. The molecule has 3 heteroatoms. The fraction of sp³-hybridized carbons (Fsp3) is 0.667. The minimum absolute atomic E-state index is 1.00. The molecule has 0 spiro atoms. The first-order valence-corrected chi connectivity index (χ1v) is 5.61. The van der Waals surface area contributed by atoms with E-state index in [1.807, 2.05) is 20.0 Å². The largest absolute Gasteiger partial charge is 0.466 e. The monoisotopic (exact) mass is 210 g/mol. The van der Waals surface area contributed by atoms with Crippen LogP contribution in [0.2, 0.25) is 0 Å². The first kappa shape index (κ1) is 12.3. The Morgan fingerprint density at radius 2 is 2.13 bits per heavy atom. The van der Waals surface area contributed by atoms with Crippen LogP contribution in [0.25, 0.3) is 0 Å². The van der Waals surface area contributed by atoms with E-state index in [-0.39, 0.29) is 0 Å². The zero-order valence-electron chi connectivity index (χ0n) is 10.0. The van der Waals surface area contributed by atoms with E-state index in [2.05, 4.69) is 23.3 Å². The molecular formula is C12H22N2O. The van der Waals surface area contributed by atoms with Crippen molar-refractivity contribution in [1.82, 2.24) is 10.2 Å². The van der Waals surface area contributed by atoms with E-state index < -0.39 is 0 Å². The Labute approximate surface area is 92.5 Å². The Morgan fingerprint density at radius 1 is 1.33 bits per heavy atom. The van der Waals surface area contributed by atoms with Gasteiger partial charge in [-0.3, -0.25) is 0 Å². The lowest BCUT2D eigenvalue weighted by Crippen LogP contribution is -2.24. The van der Waals surface area contributed by atoms with Crippen LogP contribution in [-0.4, -0.2) is 38.6 Å². The average molecular weight is 210 g/mol. The molecule has 3 nitrogen and oxygen atoms in total. The Bertz CT molecular complexity index is 270. The van der Waals surface area contributed by atoms with E-state index in [0.717, 1.165) is 37.6 Å². The van der Waals surface area contributed by atoms with Gasteiger partial charge in [0.15, 0.2) is 0 Å². The number of hydrogen-bond donors (Lipinski definition) is 1. The third-order valence-corrected chi connectivity index (χ3v) is 2.50. The van der Waals surface area contributed by atoms with Gasteiger partial charge in [-0.1, -0.05) is 0 Å². The van der Waals surface area contributed by atoms with Gasteiger partial charge in [-0.05, 0) is 52.7 Å². The smallest absolute Gasteiger partial charge is 0.105 e. The number of nitrogens with one attached hydrogen (secondary N) is 1. The number of furan rings is 1. The molecule has 0 unspecified atom stereocenters. The molecule has 0 amide bonds. The lowest BCUT2D eigenvalue weighted by Gasteiger charge is -2.15. The van der Waals surface area contributed by atoms with Crippen molar-refractivity contribution >= 4 is 0 Å². The number of aryl methyl sites for hydroxylation is 1. The molecule has 0 aliphatic heterocycles. The summed E-state index contributed by atoms with van der Waals surface area (Å²) in [7, 11) is 4.15. The third kappa shape index (κ3) is 5.00. The van der Waals surface area contributed by atoms with Gasteiger partial charge >= 0.3 is 0 Å². The fourth-order valence-corrected chi connectivity index (χ4v) is 1.56. The highest BCUT2D eigenvalue weighted by Gasteiger charge is 2.01. The van der Waals surface area contributed by atoms with Gasteiger partial charge in [0.05, 0.1) is 0 Å². The summed E-state index contributed by atoms with van der Waals surface area (Å²) in [6, 6.07) is 4.09. The maximum absolute atomic E-state index is 5.52. The topological polar surface area (TPSA) is 28.4 Å². The quantitative estimate of drug-likeness (QED) is 0.694. The zero-order valence-corrected chi connectivity index (χ0v) is 10.0. The van der Waals surface area contributed by atoms with Gasteiger partial charge in [-0.2, -0.15) is 0 Å². The van der Waals surface area contributed by atoms with Crippen LogP contribution in [0.15, 0.2) is 16.5 Å². The highest BCUT2D eigenvalue weighted by Crippen LogP contribution is 2.07. The van der Waals surface area contributed by atoms with E-state index in [4.69, 9.17) is 4.42 Å². The minimum atomic E-state index is 1.00. The molecule has 0 saturated carbocycles. The van der Waals surface area contributed by atoms with Crippen LogP contribution in [0, 0.1) is 6.92 Å². The highest BCUT2D eigenvalue weighted by molar-refractivity contribution is 5.05. The van der Waals surface area contributed by atoms with Crippen LogP contribution in [0.3, 0.4) is 0 Å². The Morgan fingerprint density at radius 3 is 2.73 bits per heavy atom. The Kier molecular flexibility index (Phi) is 5.43. The molecule has 0 aromatic carbocycles. The van der Waals surface area contributed by atoms with Crippen LogP contribution in [0.1, 0.15) is 17.9 Å². The molecule has 0 bridgehead atoms. The van der Waals surface area contributed by atoms with Gasteiger partial charge in [0.25, 0.3) is 0 Å². The summed E-state index contributed by atoms with van der Waals surface area (Å²) in [5.74, 6) is 2.09. The van der Waals surface area contributed by atoms with Gasteiger partial charge in [0.2, 0.25) is 0 Å². The van der Waals surface area contributed by atoms with Gasteiger partial charge in [0.1, 0.15) is 11.5 Å². The molecule has 1 aromatic heterocycles. The fourth-order valence-electron chi connectivity index (χ4n) is 1.56. The SMILES string of the molecule is CNCCCN(C)CCc1ccc(C)o1. The van der Waals surface area contributed by atoms with Crippen molar-refractivity contribution in [2.24, 2.45) is 0 Å². The van der Waals surface area contributed by atoms with Gasteiger partial charge in [-0.15, -0.1) is 0 Å². The zero-order chi connectivity index (χ0) is 11.1. The molecule has 86 valence electrons. The van der Waals surface area contributed by atoms with Crippen molar-refractivity contribution in [3.8, 4) is 0 Å². The average Bonchev–Trinajstić information content (AvgIpc) is 2.62. The van der Waals surface area contributed by atoms with Crippen LogP contribution < -0.4 is 5.32 Å². The first-order valence-electron chi connectivity index (χ1n) is 5.61. The molecule has 1 aromatic rings. The normalized spacial score (nSPS) is 11.2. The van der Waals surface area contributed by atoms with E-state index in [9.17, 15) is 0 Å². The first-order chi connectivity index (χ1) is 7.22. The highest BCUT2D eigenvalue weighted by atomic mass is 16.3. The van der Waals surface area contributed by atoms with Crippen LogP contribution in [0.4, 0.5) is 0 Å². The molecule has 0 saturated heterocycles. The second-order valence-corrected chi connectivity index (χ2v) is 4.02. The predicted octanol–water partition coefficient (Wildman–Crippen LogP) is 1.67. The molecule has 0 radical (unpaired) electrons. The van der Waals surface area contributed by atoms with E-state index in [0.29, 0.717) is 0 Å². The van der Waals surface area contributed by atoms with Crippen molar-refractivity contribution in [3.63, 3.8) is 0 Å². The standard InChI is InChI=1S/C12H22N2O/c1-11-5-6-12(15-11)7-10-14(3)9-4-8-13-2/h5-6,13H,4,7-10H2,1-3H3. The maximum atomic E-state index is 5.52. The summed E-state index contributed by atoms with van der Waals surface area (Å²) in [6.45, 7) is 5.28. The maximum Gasteiger partial charge on any atom is 0.105 e. The summed E-state index contributed by atoms with van der Waals surface area (Å²) in [6.07, 6.45) is 2.20. The lowest BCUT2D eigenvalue weighted by molar-refractivity contribution is 0.320. The summed E-state index contributed by atoms with van der Waals surface area (Å²) in [5, 5.41) is 3.15. The second-order valence-electron chi connectivity index (χ2n) is 4.02. The molecule has 1 N–H and O–H groups in total. The molecule has 15 heavy (non-hydrogen) atoms. The molecule has 1 rings (SSSR count). The van der Waals surface area contributed by atoms with Crippen molar-refractivity contribution in [3.05, 3.63) is 23.7 Å². The lowest BCUT2D eigenvalue weighted by atomic mass is 10.3. The molecule has 0 aliphatic rings. The molecular weight excluding hydrogens is 188 g/mol. The van der Waals surface area contributed by atoms with Gasteiger partial charge in [0, 0.05) is 13.0 Å². The summed E-state index contributed by atoms with van der Waals surface area (Å²) >= 11 is 0. The van der Waals surface area contributed by atoms with Crippen LogP contribution >= 0.6 is 0 Å². The minimum Gasteiger partial charge on any atom is -0.466 e. The molecule has 0 atom stereocenters. The van der Waals surface area contributed by atoms with Crippen molar-refractivity contribution < 1.29 is 4.42 Å². The van der Waals surface area contributed by atoms with E-state index in [1.165, 1.54) is 6.42 Å². The molecule has 1 heterocycles. The summed E-state index contributed by atoms with van der Waals surface area (Å²) in [4.78, 5) is 2.34. The van der Waals surface area contributed by atoms with E-state index in [1.54, 1.807) is 0 Å². The van der Waals surface area contributed by atoms with Gasteiger partial charge in [-0.25, -0.2) is 0 Å². The predicted molar refractivity (Wildman–Crippen MR) is 63.2 cm³/mol. The van der Waals surface area contributed by atoms with Crippen molar-refractivity contribution in [1.29, 1.82) is 0 Å². The Balaban J connectivity index is 2.13. The summed E-state index contributed by atoms with van der Waals surface area (Å²) in [5.41, 5.74) is 0. The second kappa shape index (κ2) is 6.64. The van der Waals surface area contributed by atoms with Crippen LogP contribution in [-0.2, 0) is 6.42 Å². The Hall–Kier alpha value is -0.800. The number of likely N-dealkylation sites (N-methyl/N-ethyl adjacent to an activating group) is 1. The van der Waals surface area contributed by atoms with Gasteiger partial charge < -0.3 is 14.6 Å². The third-order valence-electron chi connectivity index (χ3n) is 2.50. The van der Waals surface area contributed by atoms with Crippen LogP contribution in [0.5, 0.6) is 0 Å². The number of rotatable bonds is 7. The molecule has 0 aliphatic carbocycles. The van der Waals surface area contributed by atoms with E-state index >= 15 is 0 Å². The number of nitrogens with zero attached hydrogens (tertiary/aromatic N) is 1.